The summed E-state index contributed by atoms with van der Waals surface area (Å²) >= 11 is 0. The molecule has 0 N–H and O–H groups in total. The van der Waals surface area contributed by atoms with E-state index < -0.39 is 9.84 Å². The molecule has 0 aliphatic rings. The number of rotatable bonds is 7. The summed E-state index contributed by atoms with van der Waals surface area (Å²) in [4.78, 5) is 0. The van der Waals surface area contributed by atoms with E-state index in [4.69, 9.17) is 4.74 Å². The molecule has 3 nitrogen and oxygen atoms in total. The standard InChI is InChI=1S/C14H22O3S/c1-4-10-18(15,16)11-9-17-14-8-6-5-7-13(14)12(2)3/h5-8,12H,4,9-11H2,1-3H3. The van der Waals surface area contributed by atoms with E-state index in [-0.39, 0.29) is 18.1 Å². The summed E-state index contributed by atoms with van der Waals surface area (Å²) in [6.07, 6.45) is 0.658. The van der Waals surface area contributed by atoms with Crippen molar-refractivity contribution >= 4 is 9.84 Å². The summed E-state index contributed by atoms with van der Waals surface area (Å²) in [6, 6.07) is 7.78. The van der Waals surface area contributed by atoms with Crippen molar-refractivity contribution in [1.29, 1.82) is 0 Å². The third-order valence-corrected chi connectivity index (χ3v) is 4.53. The first kappa shape index (κ1) is 15.0. The van der Waals surface area contributed by atoms with Gasteiger partial charge in [-0.3, -0.25) is 0 Å². The lowest BCUT2D eigenvalue weighted by atomic mass is 10.0. The van der Waals surface area contributed by atoms with Crippen LogP contribution in [0.15, 0.2) is 24.3 Å². The minimum Gasteiger partial charge on any atom is -0.492 e. The molecule has 1 aromatic carbocycles. The number of benzene rings is 1. The highest BCUT2D eigenvalue weighted by atomic mass is 32.2. The van der Waals surface area contributed by atoms with Crippen molar-refractivity contribution in [3.63, 3.8) is 0 Å². The molecule has 1 aromatic rings. The first-order valence-electron chi connectivity index (χ1n) is 6.38. The molecular formula is C14H22O3S. The van der Waals surface area contributed by atoms with Crippen LogP contribution in [0.25, 0.3) is 0 Å². The van der Waals surface area contributed by atoms with Crippen LogP contribution in [0, 0.1) is 0 Å². The molecule has 0 aliphatic heterocycles. The number of ether oxygens (including phenoxy) is 1. The molecule has 0 aromatic heterocycles. The summed E-state index contributed by atoms with van der Waals surface area (Å²) in [7, 11) is -2.96. The zero-order valence-corrected chi connectivity index (χ0v) is 12.2. The number of hydrogen-bond donors (Lipinski definition) is 0. The van der Waals surface area contributed by atoms with E-state index in [2.05, 4.69) is 13.8 Å². The largest absolute Gasteiger partial charge is 0.492 e. The van der Waals surface area contributed by atoms with Gasteiger partial charge in [-0.1, -0.05) is 39.0 Å². The molecule has 0 atom stereocenters. The minimum atomic E-state index is -2.96. The topological polar surface area (TPSA) is 43.4 Å². The van der Waals surface area contributed by atoms with Crippen LogP contribution >= 0.6 is 0 Å². The van der Waals surface area contributed by atoms with Crippen LogP contribution in [0.3, 0.4) is 0 Å². The second-order valence-corrected chi connectivity index (χ2v) is 7.00. The number of para-hydroxylation sites is 1. The maximum atomic E-state index is 11.6. The quantitative estimate of drug-likeness (QED) is 0.765. The molecule has 0 unspecified atom stereocenters. The molecule has 0 saturated carbocycles. The Balaban J connectivity index is 2.59. The van der Waals surface area contributed by atoms with Crippen molar-refractivity contribution in [2.75, 3.05) is 18.1 Å². The van der Waals surface area contributed by atoms with Crippen LogP contribution in [-0.2, 0) is 9.84 Å². The Morgan fingerprint density at radius 3 is 2.44 bits per heavy atom. The Bertz CT molecular complexity index is 464. The van der Waals surface area contributed by atoms with Gasteiger partial charge in [0.15, 0.2) is 9.84 Å². The molecule has 0 amide bonds. The predicted octanol–water partition coefficient (Wildman–Crippen LogP) is 3.01. The Morgan fingerprint density at radius 2 is 1.83 bits per heavy atom. The van der Waals surface area contributed by atoms with Crippen molar-refractivity contribution in [1.82, 2.24) is 0 Å². The number of hydrogen-bond acceptors (Lipinski definition) is 3. The van der Waals surface area contributed by atoms with E-state index in [1.54, 1.807) is 0 Å². The third-order valence-electron chi connectivity index (χ3n) is 2.71. The average molecular weight is 270 g/mol. The van der Waals surface area contributed by atoms with Gasteiger partial charge in [0.1, 0.15) is 12.4 Å². The van der Waals surface area contributed by atoms with Gasteiger partial charge in [0.2, 0.25) is 0 Å². The van der Waals surface area contributed by atoms with Crippen LogP contribution in [0.2, 0.25) is 0 Å². The van der Waals surface area contributed by atoms with Crippen LogP contribution < -0.4 is 4.74 Å². The van der Waals surface area contributed by atoms with Crippen molar-refractivity contribution < 1.29 is 13.2 Å². The summed E-state index contributed by atoms with van der Waals surface area (Å²) in [5, 5.41) is 0. The van der Waals surface area contributed by atoms with Crippen LogP contribution in [0.1, 0.15) is 38.7 Å². The van der Waals surface area contributed by atoms with Gasteiger partial charge >= 0.3 is 0 Å². The highest BCUT2D eigenvalue weighted by Crippen LogP contribution is 2.25. The van der Waals surface area contributed by atoms with E-state index in [0.717, 1.165) is 11.3 Å². The zero-order valence-electron chi connectivity index (χ0n) is 11.3. The van der Waals surface area contributed by atoms with Crippen LogP contribution in [-0.4, -0.2) is 26.5 Å². The van der Waals surface area contributed by atoms with Crippen LogP contribution in [0.5, 0.6) is 5.75 Å². The fourth-order valence-corrected chi connectivity index (χ4v) is 2.94. The van der Waals surface area contributed by atoms with Gasteiger partial charge in [0, 0.05) is 0 Å². The molecule has 0 heterocycles. The van der Waals surface area contributed by atoms with Crippen molar-refractivity contribution in [3.05, 3.63) is 29.8 Å². The fraction of sp³-hybridized carbons (Fsp3) is 0.571. The highest BCUT2D eigenvalue weighted by Gasteiger charge is 2.11. The SMILES string of the molecule is CCCS(=O)(=O)CCOc1ccccc1C(C)C. The van der Waals surface area contributed by atoms with Crippen molar-refractivity contribution in [2.45, 2.75) is 33.1 Å². The molecule has 0 fully saturated rings. The number of sulfone groups is 1. The molecule has 18 heavy (non-hydrogen) atoms. The van der Waals surface area contributed by atoms with Crippen molar-refractivity contribution in [2.24, 2.45) is 0 Å². The second-order valence-electron chi connectivity index (χ2n) is 4.69. The molecule has 4 heteroatoms. The van der Waals surface area contributed by atoms with Gasteiger partial charge in [0.25, 0.3) is 0 Å². The normalized spacial score (nSPS) is 11.8. The third kappa shape index (κ3) is 4.69. The molecule has 0 radical (unpaired) electrons. The molecular weight excluding hydrogens is 248 g/mol. The summed E-state index contributed by atoms with van der Waals surface area (Å²) in [5.74, 6) is 1.49. The van der Waals surface area contributed by atoms with Gasteiger partial charge in [0.05, 0.1) is 11.5 Å². The molecule has 0 bridgehead atoms. The second kappa shape index (κ2) is 6.78. The van der Waals surface area contributed by atoms with E-state index in [9.17, 15) is 8.42 Å². The molecule has 0 spiro atoms. The molecule has 102 valence electrons. The smallest absolute Gasteiger partial charge is 0.153 e. The lowest BCUT2D eigenvalue weighted by molar-refractivity contribution is 0.336. The lowest BCUT2D eigenvalue weighted by Gasteiger charge is -2.13. The molecule has 1 rings (SSSR count). The minimum absolute atomic E-state index is 0.0905. The van der Waals surface area contributed by atoms with Gasteiger partial charge < -0.3 is 4.74 Å². The predicted molar refractivity (Wildman–Crippen MR) is 75.0 cm³/mol. The lowest BCUT2D eigenvalue weighted by Crippen LogP contribution is -2.17. The molecule has 0 aliphatic carbocycles. The van der Waals surface area contributed by atoms with E-state index in [1.165, 1.54) is 0 Å². The molecule has 0 saturated heterocycles. The maximum Gasteiger partial charge on any atom is 0.153 e. The average Bonchev–Trinajstić information content (AvgIpc) is 2.29. The Labute approximate surface area is 110 Å². The van der Waals surface area contributed by atoms with Gasteiger partial charge in [-0.2, -0.15) is 0 Å². The zero-order chi connectivity index (χ0) is 13.6. The Morgan fingerprint density at radius 1 is 1.17 bits per heavy atom. The van der Waals surface area contributed by atoms with E-state index in [0.29, 0.717) is 12.3 Å². The monoisotopic (exact) mass is 270 g/mol. The first-order chi connectivity index (χ1) is 8.46. The summed E-state index contributed by atoms with van der Waals surface area (Å²) < 4.78 is 28.7. The Kier molecular flexibility index (Phi) is 5.66. The first-order valence-corrected chi connectivity index (χ1v) is 8.20. The Hall–Kier alpha value is -1.03. The van der Waals surface area contributed by atoms with Crippen molar-refractivity contribution in [3.8, 4) is 5.75 Å². The fourth-order valence-electron chi connectivity index (χ4n) is 1.78. The maximum absolute atomic E-state index is 11.6. The summed E-state index contributed by atoms with van der Waals surface area (Å²) in [5.41, 5.74) is 1.12. The van der Waals surface area contributed by atoms with Gasteiger partial charge in [-0.15, -0.1) is 0 Å². The van der Waals surface area contributed by atoms with E-state index in [1.807, 2.05) is 31.2 Å². The van der Waals surface area contributed by atoms with E-state index >= 15 is 0 Å². The van der Waals surface area contributed by atoms with Crippen LogP contribution in [0.4, 0.5) is 0 Å². The van der Waals surface area contributed by atoms with Gasteiger partial charge in [-0.05, 0) is 24.0 Å². The van der Waals surface area contributed by atoms with Gasteiger partial charge in [-0.25, -0.2) is 8.42 Å². The highest BCUT2D eigenvalue weighted by molar-refractivity contribution is 7.91. The summed E-state index contributed by atoms with van der Waals surface area (Å²) in [6.45, 7) is 6.28.